The van der Waals surface area contributed by atoms with Gasteiger partial charge in [-0.2, -0.15) is 5.48 Å². The topological polar surface area (TPSA) is 166 Å². The molecule has 48 heavy (non-hydrogen) atoms. The number of anilines is 3. The molecule has 6 N–H and O–H groups in total. The van der Waals surface area contributed by atoms with Crippen LogP contribution in [0.3, 0.4) is 0 Å². The number of aliphatic imine (C=N–C) groups is 3. The van der Waals surface area contributed by atoms with E-state index < -0.39 is 0 Å². The van der Waals surface area contributed by atoms with E-state index in [1.165, 1.54) is 38.5 Å². The van der Waals surface area contributed by atoms with Crippen LogP contribution in [0, 0.1) is 0 Å². The van der Waals surface area contributed by atoms with Crippen molar-refractivity contribution < 1.29 is 9.94 Å². The first-order valence-corrected chi connectivity index (χ1v) is 18.2. The highest BCUT2D eigenvalue weighted by Gasteiger charge is 2.31. The Kier molecular flexibility index (Phi) is 21.1. The van der Waals surface area contributed by atoms with Gasteiger partial charge in [-0.15, -0.1) is 0 Å². The molecular weight excluding hydrogens is 627 g/mol. The van der Waals surface area contributed by atoms with Crippen molar-refractivity contribution in [1.29, 1.82) is 0 Å². The van der Waals surface area contributed by atoms with E-state index in [1.807, 2.05) is 24.6 Å². The number of ether oxygens (including phenoxy) is 1. The molecule has 0 spiro atoms. The summed E-state index contributed by atoms with van der Waals surface area (Å²) in [6, 6.07) is 4.40. The van der Waals surface area contributed by atoms with Gasteiger partial charge in [0.05, 0.1) is 49.6 Å². The largest absolute Gasteiger partial charge is 0.383 e. The Balaban J connectivity index is 0.000000472. The fourth-order valence-electron chi connectivity index (χ4n) is 5.26. The molecule has 2 aliphatic rings. The number of methoxy groups -OCH3 is 1. The first-order chi connectivity index (χ1) is 23.5. The fraction of sp³-hybridized carbons (Fsp3) is 0.618. The van der Waals surface area contributed by atoms with Crippen LogP contribution in [0.4, 0.5) is 17.3 Å². The maximum Gasteiger partial charge on any atom is 0.135 e. The molecule has 2 aliphatic carbocycles. The van der Waals surface area contributed by atoms with E-state index in [0.29, 0.717) is 38.3 Å². The van der Waals surface area contributed by atoms with Gasteiger partial charge in [0.2, 0.25) is 0 Å². The molecule has 0 radical (unpaired) electrons. The summed E-state index contributed by atoms with van der Waals surface area (Å²) in [6.45, 7) is 13.3. The predicted molar refractivity (Wildman–Crippen MR) is 206 cm³/mol. The molecular formula is C34H59N11O2S. The minimum atomic E-state index is 0.335. The number of pyridine rings is 2. The minimum Gasteiger partial charge on any atom is -0.383 e. The highest BCUT2D eigenvalue weighted by molar-refractivity contribution is 7.99. The SMILES string of the molecule is C1CCCCC1.C=N/C=C(/CN(SC)c1cnc2cc(N(CCC)CCOC)nc(N)c2c1)N(CNO)C1CC1.C=NCC/C=N\CN. The number of aromatic nitrogens is 2. The van der Waals surface area contributed by atoms with Crippen molar-refractivity contribution >= 4 is 59.8 Å². The Hall–Kier alpha value is -3.30. The van der Waals surface area contributed by atoms with Crippen LogP contribution in [0.5, 0.6) is 0 Å². The van der Waals surface area contributed by atoms with Crippen LogP contribution in [0.1, 0.15) is 71.1 Å². The molecule has 0 saturated heterocycles. The molecule has 2 saturated carbocycles. The van der Waals surface area contributed by atoms with Gasteiger partial charge in [-0.05, 0) is 38.8 Å². The Labute approximate surface area is 292 Å². The number of nitrogens with zero attached hydrogens (tertiary/aromatic N) is 8. The Morgan fingerprint density at radius 3 is 2.42 bits per heavy atom. The van der Waals surface area contributed by atoms with E-state index in [9.17, 15) is 5.21 Å². The lowest BCUT2D eigenvalue weighted by atomic mass is 10.0. The number of nitrogens with two attached hydrogens (primary N) is 2. The molecule has 0 amide bonds. The van der Waals surface area contributed by atoms with Gasteiger partial charge in [0.1, 0.15) is 11.6 Å². The van der Waals surface area contributed by atoms with Gasteiger partial charge in [0.15, 0.2) is 0 Å². The quantitative estimate of drug-likeness (QED) is 0.0485. The second-order valence-corrected chi connectivity index (χ2v) is 12.4. The van der Waals surface area contributed by atoms with Crippen LogP contribution in [-0.2, 0) is 4.74 Å². The van der Waals surface area contributed by atoms with E-state index in [2.05, 4.69) is 59.9 Å². The number of rotatable bonds is 19. The lowest BCUT2D eigenvalue weighted by Crippen LogP contribution is -2.37. The highest BCUT2D eigenvalue weighted by atomic mass is 32.2. The van der Waals surface area contributed by atoms with E-state index >= 15 is 0 Å². The maximum absolute atomic E-state index is 9.31. The molecule has 0 aliphatic heterocycles. The Morgan fingerprint density at radius 2 is 1.88 bits per heavy atom. The summed E-state index contributed by atoms with van der Waals surface area (Å²) in [5, 5.41) is 10.1. The second-order valence-electron chi connectivity index (χ2n) is 11.6. The molecule has 268 valence electrons. The molecule has 0 atom stereocenters. The van der Waals surface area contributed by atoms with Crippen molar-refractivity contribution in [3.8, 4) is 0 Å². The maximum atomic E-state index is 9.31. The summed E-state index contributed by atoms with van der Waals surface area (Å²) in [5.74, 6) is 1.26. The average Bonchev–Trinajstić information content (AvgIpc) is 3.96. The van der Waals surface area contributed by atoms with Crippen LogP contribution < -0.4 is 26.2 Å². The first-order valence-electron chi connectivity index (χ1n) is 17.0. The lowest BCUT2D eigenvalue weighted by Gasteiger charge is -2.31. The standard InChI is InChI=1S/C23H36N8O2S.C6H12.C5H11N3/c1-5-8-29(9-10-33-3)22-12-21-20(23(24)28-22)11-18(14-26-21)31(34-4)15-19(13-25-2)30(16-27-32)17-6-7-17;1-2-4-6-5-3-1;1-7-3-2-4-8-5-6/h11-14,17,27,32H,2,5-10,15-16H2,1,3-4H3,(H2,24,28);1-6H2;4H,1-3,5-6H2/b19-13-;;8-4-. The average molecular weight is 686 g/mol. The van der Waals surface area contributed by atoms with E-state index in [-0.39, 0.29) is 0 Å². The Bertz CT molecular complexity index is 1240. The van der Waals surface area contributed by atoms with Gasteiger partial charge in [0, 0.05) is 69.3 Å². The molecule has 2 heterocycles. The van der Waals surface area contributed by atoms with E-state index in [0.717, 1.165) is 73.4 Å². The number of hydrogen-bond donors (Lipinski definition) is 4. The molecule has 0 bridgehead atoms. The van der Waals surface area contributed by atoms with Gasteiger partial charge in [-0.3, -0.25) is 15.0 Å². The minimum absolute atomic E-state index is 0.335. The highest BCUT2D eigenvalue weighted by Crippen LogP contribution is 2.33. The fourth-order valence-corrected chi connectivity index (χ4v) is 5.83. The van der Waals surface area contributed by atoms with Crippen LogP contribution in [-0.4, -0.2) is 105 Å². The number of hydrogen-bond acceptors (Lipinski definition) is 14. The van der Waals surface area contributed by atoms with Crippen molar-refractivity contribution in [3.05, 3.63) is 30.2 Å². The van der Waals surface area contributed by atoms with E-state index in [1.54, 1.807) is 31.5 Å². The normalized spacial score (nSPS) is 14.5. The van der Waals surface area contributed by atoms with Crippen LogP contribution in [0.25, 0.3) is 10.9 Å². The van der Waals surface area contributed by atoms with Crippen molar-refractivity contribution in [2.45, 2.75) is 77.2 Å². The zero-order valence-corrected chi connectivity index (χ0v) is 30.2. The molecule has 0 aromatic carbocycles. The van der Waals surface area contributed by atoms with Crippen molar-refractivity contribution in [3.63, 3.8) is 0 Å². The van der Waals surface area contributed by atoms with Crippen molar-refractivity contribution in [2.24, 2.45) is 20.7 Å². The third kappa shape index (κ3) is 14.9. The molecule has 2 aromatic heterocycles. The Morgan fingerprint density at radius 1 is 1.17 bits per heavy atom. The van der Waals surface area contributed by atoms with Crippen LogP contribution in [0.2, 0.25) is 0 Å². The molecule has 0 unspecified atom stereocenters. The smallest absolute Gasteiger partial charge is 0.135 e. The van der Waals surface area contributed by atoms with Crippen molar-refractivity contribution in [1.82, 2.24) is 20.3 Å². The summed E-state index contributed by atoms with van der Waals surface area (Å²) >= 11 is 1.58. The summed E-state index contributed by atoms with van der Waals surface area (Å²) in [4.78, 5) is 25.1. The summed E-state index contributed by atoms with van der Waals surface area (Å²) in [7, 11) is 1.70. The molecule has 4 rings (SSSR count). The van der Waals surface area contributed by atoms with E-state index in [4.69, 9.17) is 21.2 Å². The molecule has 14 heteroatoms. The molecule has 2 fully saturated rings. The predicted octanol–water partition coefficient (Wildman–Crippen LogP) is 5.51. The van der Waals surface area contributed by atoms with Crippen LogP contribution in [0.15, 0.2) is 45.2 Å². The number of hydroxylamine groups is 1. The van der Waals surface area contributed by atoms with Crippen LogP contribution >= 0.6 is 11.9 Å². The first kappa shape index (κ1) is 40.9. The van der Waals surface area contributed by atoms with Gasteiger partial charge in [-0.1, -0.05) is 57.4 Å². The summed E-state index contributed by atoms with van der Waals surface area (Å²) < 4.78 is 7.37. The summed E-state index contributed by atoms with van der Waals surface area (Å²) in [5.41, 5.74) is 16.4. The van der Waals surface area contributed by atoms with Gasteiger partial charge < -0.3 is 40.5 Å². The van der Waals surface area contributed by atoms with Crippen molar-refractivity contribution in [2.75, 3.05) is 74.4 Å². The summed E-state index contributed by atoms with van der Waals surface area (Å²) in [6.07, 6.45) is 20.4. The van der Waals surface area contributed by atoms with Gasteiger partial charge in [0.25, 0.3) is 0 Å². The number of nitrogen functional groups attached to an aromatic ring is 1. The second kappa shape index (κ2) is 24.8. The monoisotopic (exact) mass is 685 g/mol. The molecule has 2 aromatic rings. The molecule has 13 nitrogen and oxygen atoms in total. The zero-order chi connectivity index (χ0) is 35.0. The lowest BCUT2D eigenvalue weighted by molar-refractivity contribution is 0.110. The number of fused-ring (bicyclic) bond motifs is 1. The third-order valence-corrected chi connectivity index (χ3v) is 8.65. The van der Waals surface area contributed by atoms with Gasteiger partial charge in [-0.25, -0.2) is 4.98 Å². The number of nitrogens with one attached hydrogen (secondary N) is 1. The zero-order valence-electron chi connectivity index (χ0n) is 29.4. The third-order valence-electron chi connectivity index (χ3n) is 7.87. The van der Waals surface area contributed by atoms with Gasteiger partial charge >= 0.3 is 0 Å².